The number of hydrogen-bond acceptors (Lipinski definition) is 3. The van der Waals surface area contributed by atoms with Crippen LogP contribution in [0.5, 0.6) is 0 Å². The molecule has 0 radical (unpaired) electrons. The quantitative estimate of drug-likeness (QED) is 0.462. The molecule has 0 aromatic heterocycles. The lowest BCUT2D eigenvalue weighted by atomic mass is 9.68. The van der Waals surface area contributed by atoms with E-state index in [1.165, 1.54) is 25.7 Å². The fourth-order valence-electron chi connectivity index (χ4n) is 5.28. The normalized spacial score (nSPS) is 30.7. The van der Waals surface area contributed by atoms with Gasteiger partial charge in [0, 0.05) is 0 Å². The van der Waals surface area contributed by atoms with Gasteiger partial charge in [0.1, 0.15) is 5.60 Å². The Balaban J connectivity index is 2.02. The fraction of sp³-hybridized carbons (Fsp3) is 0.962. The minimum Gasteiger partial charge on any atom is -0.458 e. The number of carbonyl (C=O) groups is 1. The van der Waals surface area contributed by atoms with Crippen molar-refractivity contribution in [1.82, 2.24) is 0 Å². The zero-order valence-corrected chi connectivity index (χ0v) is 20.8. The van der Waals surface area contributed by atoms with E-state index in [1.54, 1.807) is 0 Å². The van der Waals surface area contributed by atoms with Crippen LogP contribution in [0.15, 0.2) is 0 Å². The first-order chi connectivity index (χ1) is 13.2. The van der Waals surface area contributed by atoms with Gasteiger partial charge in [-0.05, 0) is 101 Å². The minimum atomic E-state index is -0.467. The van der Waals surface area contributed by atoms with Gasteiger partial charge in [0.2, 0.25) is 0 Å². The van der Waals surface area contributed by atoms with Crippen LogP contribution < -0.4 is 0 Å². The van der Waals surface area contributed by atoms with Crippen molar-refractivity contribution in [2.75, 3.05) is 0 Å². The summed E-state index contributed by atoms with van der Waals surface area (Å²) >= 11 is 0. The smallest absolute Gasteiger partial charge is 0.336 e. The summed E-state index contributed by atoms with van der Waals surface area (Å²) in [6, 6.07) is 0. The molecule has 3 heteroatoms. The van der Waals surface area contributed by atoms with Crippen LogP contribution in [-0.4, -0.2) is 23.8 Å². The molecule has 1 unspecified atom stereocenters. The van der Waals surface area contributed by atoms with Gasteiger partial charge in [0.25, 0.3) is 0 Å². The molecule has 2 saturated carbocycles. The zero-order chi connectivity index (χ0) is 22.0. The second-order valence-electron chi connectivity index (χ2n) is 12.9. The molecule has 2 fully saturated rings. The van der Waals surface area contributed by atoms with Crippen LogP contribution in [0.4, 0.5) is 0 Å². The minimum absolute atomic E-state index is 0.144. The molecule has 0 aromatic carbocycles. The summed E-state index contributed by atoms with van der Waals surface area (Å²) in [5.74, 6) is 1.64. The van der Waals surface area contributed by atoms with E-state index < -0.39 is 11.7 Å². The first-order valence-electron chi connectivity index (χ1n) is 12.0. The van der Waals surface area contributed by atoms with Crippen LogP contribution in [0.2, 0.25) is 0 Å². The molecule has 0 aliphatic heterocycles. The molecule has 29 heavy (non-hydrogen) atoms. The maximum atomic E-state index is 13.1. The monoisotopic (exact) mass is 408 g/mol. The lowest BCUT2D eigenvalue weighted by molar-refractivity contribution is -0.181. The fourth-order valence-corrected chi connectivity index (χ4v) is 5.28. The molecule has 0 amide bonds. The Hall–Kier alpha value is -0.570. The van der Waals surface area contributed by atoms with Crippen LogP contribution in [-0.2, 0) is 14.3 Å². The van der Waals surface area contributed by atoms with E-state index in [0.29, 0.717) is 16.7 Å². The molecule has 0 bridgehead atoms. The average molecular weight is 409 g/mol. The molecule has 1 atom stereocenters. The van der Waals surface area contributed by atoms with Crippen molar-refractivity contribution < 1.29 is 14.3 Å². The maximum absolute atomic E-state index is 13.1. The number of hydrogen-bond donors (Lipinski definition) is 0. The maximum Gasteiger partial charge on any atom is 0.336 e. The third-order valence-electron chi connectivity index (χ3n) is 7.30. The molecular formula is C26H48O3. The van der Waals surface area contributed by atoms with Gasteiger partial charge < -0.3 is 9.47 Å². The Morgan fingerprint density at radius 2 is 1.10 bits per heavy atom. The van der Waals surface area contributed by atoms with Crippen molar-refractivity contribution in [1.29, 1.82) is 0 Å². The Morgan fingerprint density at radius 3 is 1.48 bits per heavy atom. The lowest BCUT2D eigenvalue weighted by Gasteiger charge is -2.41. The number of ether oxygens (including phenoxy) is 2. The highest BCUT2D eigenvalue weighted by Crippen LogP contribution is 2.43. The van der Waals surface area contributed by atoms with Gasteiger partial charge in [-0.15, -0.1) is 0 Å². The van der Waals surface area contributed by atoms with Gasteiger partial charge in [0.15, 0.2) is 6.10 Å². The highest BCUT2D eigenvalue weighted by molar-refractivity contribution is 5.75. The standard InChI is InChI=1S/C26H48O3/c1-24(2,3)19-12-10-18(11-13-19)22(23(27)29-26(7,8)9)28-21-16-14-20(15-17-21)25(4,5)6/h18-22H,10-17H2,1-9H3. The van der Waals surface area contributed by atoms with E-state index in [2.05, 4.69) is 41.5 Å². The van der Waals surface area contributed by atoms with Crippen molar-refractivity contribution >= 4 is 5.97 Å². The van der Waals surface area contributed by atoms with E-state index in [9.17, 15) is 4.79 Å². The van der Waals surface area contributed by atoms with Gasteiger partial charge in [-0.3, -0.25) is 0 Å². The zero-order valence-electron chi connectivity index (χ0n) is 20.8. The Morgan fingerprint density at radius 1 is 0.690 bits per heavy atom. The molecule has 2 aliphatic rings. The molecule has 0 spiro atoms. The molecule has 0 aromatic rings. The molecule has 170 valence electrons. The number of carbonyl (C=O) groups excluding carboxylic acids is 1. The van der Waals surface area contributed by atoms with Gasteiger partial charge in [-0.25, -0.2) is 4.79 Å². The second kappa shape index (κ2) is 9.28. The van der Waals surface area contributed by atoms with Crippen LogP contribution in [0.3, 0.4) is 0 Å². The molecule has 2 rings (SSSR count). The molecule has 0 heterocycles. The lowest BCUT2D eigenvalue weighted by Crippen LogP contribution is -2.43. The molecule has 0 saturated heterocycles. The Kier molecular flexibility index (Phi) is 7.91. The number of esters is 1. The van der Waals surface area contributed by atoms with Gasteiger partial charge in [0.05, 0.1) is 6.10 Å². The largest absolute Gasteiger partial charge is 0.458 e. The Bertz CT molecular complexity index is 516. The summed E-state index contributed by atoms with van der Waals surface area (Å²) in [6.07, 6.45) is 8.86. The van der Waals surface area contributed by atoms with Crippen molar-refractivity contribution in [3.8, 4) is 0 Å². The van der Waals surface area contributed by atoms with E-state index >= 15 is 0 Å². The Labute approximate surface area is 180 Å². The molecule has 3 nitrogen and oxygen atoms in total. The summed E-state index contributed by atoms with van der Waals surface area (Å²) in [7, 11) is 0. The average Bonchev–Trinajstić information content (AvgIpc) is 2.57. The van der Waals surface area contributed by atoms with Crippen molar-refractivity contribution in [3.63, 3.8) is 0 Å². The predicted octanol–water partition coefficient (Wildman–Crippen LogP) is 7.17. The highest BCUT2D eigenvalue weighted by Gasteiger charge is 2.40. The second-order valence-corrected chi connectivity index (χ2v) is 12.9. The van der Waals surface area contributed by atoms with Crippen LogP contribution in [0.25, 0.3) is 0 Å². The first kappa shape index (κ1) is 24.7. The third-order valence-corrected chi connectivity index (χ3v) is 7.30. The van der Waals surface area contributed by atoms with Crippen molar-refractivity contribution in [2.45, 2.75) is 131 Å². The van der Waals surface area contributed by atoms with Crippen LogP contribution >= 0.6 is 0 Å². The van der Waals surface area contributed by atoms with E-state index in [0.717, 1.165) is 37.5 Å². The van der Waals surface area contributed by atoms with E-state index in [1.807, 2.05) is 20.8 Å². The van der Waals surface area contributed by atoms with Gasteiger partial charge in [-0.2, -0.15) is 0 Å². The van der Waals surface area contributed by atoms with Crippen LogP contribution in [0.1, 0.15) is 114 Å². The first-order valence-corrected chi connectivity index (χ1v) is 12.0. The summed E-state index contributed by atoms with van der Waals surface area (Å²) < 4.78 is 12.3. The van der Waals surface area contributed by atoms with E-state index in [-0.39, 0.29) is 12.1 Å². The topological polar surface area (TPSA) is 35.5 Å². The summed E-state index contributed by atoms with van der Waals surface area (Å²) in [4.78, 5) is 13.1. The van der Waals surface area contributed by atoms with Crippen LogP contribution in [0, 0.1) is 28.6 Å². The van der Waals surface area contributed by atoms with Crippen molar-refractivity contribution in [2.24, 2.45) is 28.6 Å². The van der Waals surface area contributed by atoms with E-state index in [4.69, 9.17) is 9.47 Å². The SMILES string of the molecule is CC(C)(C)OC(=O)C(OC1CCC(C(C)(C)C)CC1)C1CCC(C(C)(C)C)CC1. The highest BCUT2D eigenvalue weighted by atomic mass is 16.6. The van der Waals surface area contributed by atoms with Crippen molar-refractivity contribution in [3.05, 3.63) is 0 Å². The number of rotatable bonds is 4. The molecule has 0 N–H and O–H groups in total. The van der Waals surface area contributed by atoms with Gasteiger partial charge >= 0.3 is 5.97 Å². The molecular weight excluding hydrogens is 360 g/mol. The third kappa shape index (κ3) is 7.56. The molecule has 2 aliphatic carbocycles. The summed E-state index contributed by atoms with van der Waals surface area (Å²) in [5.41, 5.74) is 0.241. The predicted molar refractivity (Wildman–Crippen MR) is 121 cm³/mol. The summed E-state index contributed by atoms with van der Waals surface area (Å²) in [6.45, 7) is 19.9. The van der Waals surface area contributed by atoms with Gasteiger partial charge in [-0.1, -0.05) is 41.5 Å². The summed E-state index contributed by atoms with van der Waals surface area (Å²) in [5, 5.41) is 0.